The van der Waals surface area contributed by atoms with Crippen LogP contribution in [0.3, 0.4) is 0 Å². The summed E-state index contributed by atoms with van der Waals surface area (Å²) in [5.74, 6) is 0.340. The average molecular weight is 402 g/mol. The molecule has 0 aromatic heterocycles. The summed E-state index contributed by atoms with van der Waals surface area (Å²) in [6.07, 6.45) is 3.05. The molecule has 1 saturated heterocycles. The van der Waals surface area contributed by atoms with Crippen molar-refractivity contribution in [3.63, 3.8) is 0 Å². The van der Waals surface area contributed by atoms with E-state index in [1.54, 1.807) is 31.4 Å². The Morgan fingerprint density at radius 2 is 1.89 bits per heavy atom. The van der Waals surface area contributed by atoms with E-state index < -0.39 is 10.0 Å². The second-order valence-corrected chi connectivity index (χ2v) is 8.08. The van der Waals surface area contributed by atoms with Gasteiger partial charge in [-0.3, -0.25) is 4.79 Å². The summed E-state index contributed by atoms with van der Waals surface area (Å²) in [4.78, 5) is 12.3. The molecule has 28 heavy (non-hydrogen) atoms. The van der Waals surface area contributed by atoms with Gasteiger partial charge in [0.2, 0.25) is 15.9 Å². The molecular weight excluding hydrogens is 380 g/mol. The summed E-state index contributed by atoms with van der Waals surface area (Å²) in [6, 6.07) is 13.5. The van der Waals surface area contributed by atoms with Crippen molar-refractivity contribution in [2.45, 2.75) is 4.90 Å². The summed E-state index contributed by atoms with van der Waals surface area (Å²) in [6.45, 7) is 1.40. The van der Waals surface area contributed by atoms with Crippen LogP contribution in [0.15, 0.2) is 59.5 Å². The number of carbonyl (C=O) groups excluding carboxylic acids is 1. The molecule has 148 valence electrons. The first-order valence-electron chi connectivity index (χ1n) is 8.80. The van der Waals surface area contributed by atoms with Gasteiger partial charge in [-0.1, -0.05) is 18.2 Å². The molecule has 0 saturated carbocycles. The first kappa shape index (κ1) is 20.1. The number of amides is 1. The van der Waals surface area contributed by atoms with E-state index in [-0.39, 0.29) is 10.8 Å². The van der Waals surface area contributed by atoms with Crippen LogP contribution in [0.4, 0.5) is 5.69 Å². The van der Waals surface area contributed by atoms with Crippen LogP contribution in [0.25, 0.3) is 6.08 Å². The highest BCUT2D eigenvalue weighted by Gasteiger charge is 2.26. The minimum Gasteiger partial charge on any atom is -0.497 e. The molecule has 1 fully saturated rings. The van der Waals surface area contributed by atoms with Crippen molar-refractivity contribution in [1.82, 2.24) is 4.31 Å². The van der Waals surface area contributed by atoms with Crippen molar-refractivity contribution in [3.8, 4) is 5.75 Å². The Labute approximate surface area is 164 Å². The fourth-order valence-corrected chi connectivity index (χ4v) is 4.23. The number of sulfonamides is 1. The Bertz CT molecular complexity index is 966. The van der Waals surface area contributed by atoms with Crippen molar-refractivity contribution in [3.05, 3.63) is 60.2 Å². The molecule has 0 radical (unpaired) electrons. The number of hydrogen-bond acceptors (Lipinski definition) is 5. The van der Waals surface area contributed by atoms with E-state index in [0.717, 1.165) is 5.56 Å². The first-order chi connectivity index (χ1) is 13.5. The third-order valence-corrected chi connectivity index (χ3v) is 6.12. The fourth-order valence-electron chi connectivity index (χ4n) is 2.77. The minimum atomic E-state index is -3.61. The van der Waals surface area contributed by atoms with Gasteiger partial charge in [-0.15, -0.1) is 0 Å². The van der Waals surface area contributed by atoms with Crippen molar-refractivity contribution < 1.29 is 22.7 Å². The van der Waals surface area contributed by atoms with Crippen LogP contribution in [0.2, 0.25) is 0 Å². The Morgan fingerprint density at radius 3 is 2.64 bits per heavy atom. The topological polar surface area (TPSA) is 84.9 Å². The molecule has 0 bridgehead atoms. The zero-order valence-corrected chi connectivity index (χ0v) is 16.3. The number of rotatable bonds is 6. The van der Waals surface area contributed by atoms with Gasteiger partial charge in [0.1, 0.15) is 5.75 Å². The van der Waals surface area contributed by atoms with Gasteiger partial charge in [-0.2, -0.15) is 4.31 Å². The number of nitrogens with one attached hydrogen (secondary N) is 1. The molecule has 0 aliphatic carbocycles. The summed E-state index contributed by atoms with van der Waals surface area (Å²) >= 11 is 0. The maximum Gasteiger partial charge on any atom is 0.248 e. The maximum absolute atomic E-state index is 12.7. The normalized spacial score (nSPS) is 15.5. The predicted molar refractivity (Wildman–Crippen MR) is 107 cm³/mol. The van der Waals surface area contributed by atoms with Crippen LogP contribution >= 0.6 is 0 Å². The largest absolute Gasteiger partial charge is 0.497 e. The van der Waals surface area contributed by atoms with Crippen LogP contribution in [0.1, 0.15) is 5.56 Å². The predicted octanol–water partition coefficient (Wildman–Crippen LogP) is 2.37. The number of methoxy groups -OCH3 is 1. The molecular formula is C20H22N2O5S. The van der Waals surface area contributed by atoms with Gasteiger partial charge in [0, 0.05) is 24.9 Å². The van der Waals surface area contributed by atoms with Gasteiger partial charge in [0.05, 0.1) is 25.2 Å². The quantitative estimate of drug-likeness (QED) is 0.750. The number of carbonyl (C=O) groups is 1. The molecule has 7 nitrogen and oxygen atoms in total. The first-order valence-corrected chi connectivity index (χ1v) is 10.2. The molecule has 8 heteroatoms. The van der Waals surface area contributed by atoms with E-state index in [9.17, 15) is 13.2 Å². The highest BCUT2D eigenvalue weighted by molar-refractivity contribution is 7.89. The van der Waals surface area contributed by atoms with Gasteiger partial charge in [0.25, 0.3) is 0 Å². The lowest BCUT2D eigenvalue weighted by Gasteiger charge is -2.26. The second-order valence-electron chi connectivity index (χ2n) is 6.14. The molecule has 1 aliphatic heterocycles. The SMILES string of the molecule is COc1cccc(C=CC(=O)Nc2cccc(S(=O)(=O)N3CCOCC3)c2)c1. The van der Waals surface area contributed by atoms with Crippen molar-refractivity contribution in [2.75, 3.05) is 38.7 Å². The Morgan fingerprint density at radius 1 is 1.14 bits per heavy atom. The number of morpholine rings is 1. The lowest BCUT2D eigenvalue weighted by atomic mass is 10.2. The van der Waals surface area contributed by atoms with Crippen molar-refractivity contribution >= 4 is 27.7 Å². The molecule has 2 aromatic carbocycles. The van der Waals surface area contributed by atoms with Crippen molar-refractivity contribution in [2.24, 2.45) is 0 Å². The number of nitrogens with zero attached hydrogens (tertiary/aromatic N) is 1. The molecule has 0 unspecified atom stereocenters. The summed E-state index contributed by atoms with van der Waals surface area (Å²) < 4.78 is 37.2. The smallest absolute Gasteiger partial charge is 0.248 e. The third kappa shape index (κ3) is 4.98. The van der Waals surface area contributed by atoms with Crippen molar-refractivity contribution in [1.29, 1.82) is 0 Å². The van der Waals surface area contributed by atoms with E-state index in [0.29, 0.717) is 37.7 Å². The number of ether oxygens (including phenoxy) is 2. The highest BCUT2D eigenvalue weighted by Crippen LogP contribution is 2.21. The number of benzene rings is 2. The molecule has 1 N–H and O–H groups in total. The van der Waals surface area contributed by atoms with Gasteiger partial charge in [-0.05, 0) is 42.0 Å². The Kier molecular flexibility index (Phi) is 6.45. The van der Waals surface area contributed by atoms with Crippen LogP contribution < -0.4 is 10.1 Å². The monoisotopic (exact) mass is 402 g/mol. The standard InChI is InChI=1S/C20H22N2O5S/c1-26-18-6-2-4-16(14-18)8-9-20(23)21-17-5-3-7-19(15-17)28(24,25)22-10-12-27-13-11-22/h2-9,14-15H,10-13H2,1H3,(H,21,23). The van der Waals surface area contributed by atoms with Crippen LogP contribution in [-0.4, -0.2) is 52.0 Å². The summed E-state index contributed by atoms with van der Waals surface area (Å²) in [7, 11) is -2.04. The molecule has 1 heterocycles. The van der Waals surface area contributed by atoms with E-state index in [1.165, 1.54) is 22.5 Å². The zero-order chi connectivity index (χ0) is 20.0. The number of hydrogen-bond donors (Lipinski definition) is 1. The van der Waals surface area contributed by atoms with Crippen LogP contribution in [-0.2, 0) is 19.6 Å². The van der Waals surface area contributed by atoms with Gasteiger partial charge < -0.3 is 14.8 Å². The maximum atomic E-state index is 12.7. The molecule has 1 aliphatic rings. The van der Waals surface area contributed by atoms with E-state index in [4.69, 9.17) is 9.47 Å². The fraction of sp³-hybridized carbons (Fsp3) is 0.250. The van der Waals surface area contributed by atoms with Gasteiger partial charge in [-0.25, -0.2) is 8.42 Å². The molecule has 2 aromatic rings. The van der Waals surface area contributed by atoms with Crippen LogP contribution in [0.5, 0.6) is 5.75 Å². The highest BCUT2D eigenvalue weighted by atomic mass is 32.2. The van der Waals surface area contributed by atoms with E-state index in [2.05, 4.69) is 5.32 Å². The van der Waals surface area contributed by atoms with Gasteiger partial charge >= 0.3 is 0 Å². The molecule has 1 amide bonds. The average Bonchev–Trinajstić information content (AvgIpc) is 2.73. The van der Waals surface area contributed by atoms with Crippen LogP contribution in [0, 0.1) is 0 Å². The summed E-state index contributed by atoms with van der Waals surface area (Å²) in [5, 5.41) is 2.69. The van der Waals surface area contributed by atoms with E-state index >= 15 is 0 Å². The Balaban J connectivity index is 1.70. The molecule has 3 rings (SSSR count). The zero-order valence-electron chi connectivity index (χ0n) is 15.5. The minimum absolute atomic E-state index is 0.143. The Hall–Kier alpha value is -2.68. The van der Waals surface area contributed by atoms with Gasteiger partial charge in [0.15, 0.2) is 0 Å². The summed E-state index contributed by atoms with van der Waals surface area (Å²) in [5.41, 5.74) is 1.23. The lowest BCUT2D eigenvalue weighted by molar-refractivity contribution is -0.111. The second kappa shape index (κ2) is 9.01. The molecule has 0 atom stereocenters. The van der Waals surface area contributed by atoms with E-state index in [1.807, 2.05) is 18.2 Å². The molecule has 0 spiro atoms. The number of anilines is 1. The third-order valence-electron chi connectivity index (χ3n) is 4.23. The lowest BCUT2D eigenvalue weighted by Crippen LogP contribution is -2.40.